The maximum atomic E-state index is 8.30. The van der Waals surface area contributed by atoms with E-state index in [2.05, 4.69) is 11.1 Å². The highest BCUT2D eigenvalue weighted by Gasteiger charge is 1.96. The predicted molar refractivity (Wildman–Crippen MR) is 39.5 cm³/mol. The summed E-state index contributed by atoms with van der Waals surface area (Å²) in [7, 11) is 0. The summed E-state index contributed by atoms with van der Waals surface area (Å²) in [6.07, 6.45) is 5.38. The van der Waals surface area contributed by atoms with Gasteiger partial charge in [0.1, 0.15) is 0 Å². The van der Waals surface area contributed by atoms with Crippen LogP contribution in [0.5, 0.6) is 0 Å². The van der Waals surface area contributed by atoms with Gasteiger partial charge in [-0.2, -0.15) is 5.26 Å². The number of H-pyrrole nitrogens is 1. The number of aromatic nitrogens is 1. The van der Waals surface area contributed by atoms with Gasteiger partial charge in [0.25, 0.3) is 0 Å². The molecule has 2 nitrogen and oxygen atoms in total. The quantitative estimate of drug-likeness (QED) is 0.658. The monoisotopic (exact) mass is 134 g/mol. The maximum Gasteiger partial charge on any atom is 0.0625 e. The molecule has 0 aliphatic carbocycles. The summed E-state index contributed by atoms with van der Waals surface area (Å²) in [5.41, 5.74) is 2.50. The van der Waals surface area contributed by atoms with E-state index in [0.717, 1.165) is 6.42 Å². The van der Waals surface area contributed by atoms with Crippen LogP contribution in [0.1, 0.15) is 17.5 Å². The molecule has 0 aliphatic heterocycles. The molecule has 1 N–H and O–H groups in total. The van der Waals surface area contributed by atoms with Gasteiger partial charge in [0, 0.05) is 18.8 Å². The zero-order chi connectivity index (χ0) is 7.40. The molecule has 0 saturated carbocycles. The Bertz CT molecular complexity index is 242. The Morgan fingerprint density at radius 1 is 1.60 bits per heavy atom. The molecule has 52 valence electrons. The van der Waals surface area contributed by atoms with Gasteiger partial charge < -0.3 is 4.98 Å². The van der Waals surface area contributed by atoms with E-state index in [1.807, 2.05) is 19.3 Å². The van der Waals surface area contributed by atoms with Gasteiger partial charge in [0.15, 0.2) is 0 Å². The van der Waals surface area contributed by atoms with Crippen molar-refractivity contribution in [2.75, 3.05) is 0 Å². The molecule has 0 aromatic carbocycles. The minimum absolute atomic E-state index is 0.610. The van der Waals surface area contributed by atoms with Crippen LogP contribution in [-0.2, 0) is 6.42 Å². The SMILES string of the molecule is Cc1c[nH]cc1CCC#N. The second-order valence-electron chi connectivity index (χ2n) is 2.32. The molecule has 1 rings (SSSR count). The lowest BCUT2D eigenvalue weighted by Crippen LogP contribution is -1.81. The Morgan fingerprint density at radius 3 is 2.90 bits per heavy atom. The minimum Gasteiger partial charge on any atom is -0.367 e. The standard InChI is InChI=1S/C8H10N2/c1-7-5-10-6-8(7)3-2-4-9/h5-6,10H,2-3H2,1H3. The molecule has 10 heavy (non-hydrogen) atoms. The summed E-state index contributed by atoms with van der Waals surface area (Å²) in [6, 6.07) is 2.12. The van der Waals surface area contributed by atoms with Gasteiger partial charge in [-0.25, -0.2) is 0 Å². The molecular formula is C8H10N2. The zero-order valence-electron chi connectivity index (χ0n) is 6.02. The number of aryl methyl sites for hydroxylation is 2. The van der Waals surface area contributed by atoms with Crippen molar-refractivity contribution in [3.8, 4) is 6.07 Å². The fourth-order valence-electron chi connectivity index (χ4n) is 0.934. The molecule has 0 saturated heterocycles. The normalized spacial score (nSPS) is 9.20. The summed E-state index contributed by atoms with van der Waals surface area (Å²) >= 11 is 0. The lowest BCUT2D eigenvalue weighted by atomic mass is 10.1. The largest absolute Gasteiger partial charge is 0.367 e. The van der Waals surface area contributed by atoms with Gasteiger partial charge in [-0.15, -0.1) is 0 Å². The molecule has 0 atom stereocenters. The first kappa shape index (κ1) is 6.88. The summed E-state index contributed by atoms with van der Waals surface area (Å²) in [5, 5.41) is 8.30. The first-order valence-corrected chi connectivity index (χ1v) is 3.34. The average molecular weight is 134 g/mol. The van der Waals surface area contributed by atoms with Crippen LogP contribution < -0.4 is 0 Å². The molecule has 1 heterocycles. The highest BCUT2D eigenvalue weighted by molar-refractivity contribution is 5.21. The minimum atomic E-state index is 0.610. The molecule has 0 unspecified atom stereocenters. The van der Waals surface area contributed by atoms with Gasteiger partial charge in [0.2, 0.25) is 0 Å². The van der Waals surface area contributed by atoms with Crippen LogP contribution in [0.4, 0.5) is 0 Å². The molecule has 1 aromatic rings. The van der Waals surface area contributed by atoms with Crippen LogP contribution in [-0.4, -0.2) is 4.98 Å². The Morgan fingerprint density at radius 2 is 2.40 bits per heavy atom. The van der Waals surface area contributed by atoms with Crippen molar-refractivity contribution in [2.45, 2.75) is 19.8 Å². The summed E-state index contributed by atoms with van der Waals surface area (Å²) in [6.45, 7) is 2.04. The van der Waals surface area contributed by atoms with Crippen molar-refractivity contribution in [2.24, 2.45) is 0 Å². The molecule has 0 spiro atoms. The van der Waals surface area contributed by atoms with Crippen molar-refractivity contribution >= 4 is 0 Å². The smallest absolute Gasteiger partial charge is 0.0625 e. The van der Waals surface area contributed by atoms with E-state index < -0.39 is 0 Å². The number of nitrogens with zero attached hydrogens (tertiary/aromatic N) is 1. The van der Waals surface area contributed by atoms with Gasteiger partial charge >= 0.3 is 0 Å². The van der Waals surface area contributed by atoms with E-state index in [1.165, 1.54) is 11.1 Å². The van der Waals surface area contributed by atoms with E-state index >= 15 is 0 Å². The number of hydrogen-bond acceptors (Lipinski definition) is 1. The topological polar surface area (TPSA) is 39.6 Å². The fourth-order valence-corrected chi connectivity index (χ4v) is 0.934. The van der Waals surface area contributed by atoms with E-state index in [4.69, 9.17) is 5.26 Å². The molecule has 2 heteroatoms. The maximum absolute atomic E-state index is 8.30. The predicted octanol–water partition coefficient (Wildman–Crippen LogP) is 1.78. The molecule has 0 bridgehead atoms. The zero-order valence-corrected chi connectivity index (χ0v) is 6.02. The molecular weight excluding hydrogens is 124 g/mol. The Kier molecular flexibility index (Phi) is 2.11. The molecule has 0 amide bonds. The van der Waals surface area contributed by atoms with Crippen molar-refractivity contribution in [1.29, 1.82) is 5.26 Å². The van der Waals surface area contributed by atoms with Crippen LogP contribution in [0.15, 0.2) is 12.4 Å². The Balaban J connectivity index is 2.59. The second kappa shape index (κ2) is 3.07. The van der Waals surface area contributed by atoms with Crippen LogP contribution in [0.2, 0.25) is 0 Å². The number of nitriles is 1. The fraction of sp³-hybridized carbons (Fsp3) is 0.375. The first-order valence-electron chi connectivity index (χ1n) is 3.34. The highest BCUT2D eigenvalue weighted by Crippen LogP contribution is 2.07. The third kappa shape index (κ3) is 1.38. The molecule has 0 radical (unpaired) electrons. The summed E-state index contributed by atoms with van der Waals surface area (Å²) in [4.78, 5) is 3.00. The molecule has 0 aliphatic rings. The van der Waals surface area contributed by atoms with Gasteiger partial charge in [-0.05, 0) is 24.5 Å². The number of hydrogen-bond donors (Lipinski definition) is 1. The van der Waals surface area contributed by atoms with E-state index in [9.17, 15) is 0 Å². The summed E-state index contributed by atoms with van der Waals surface area (Å²) in [5.74, 6) is 0. The van der Waals surface area contributed by atoms with Crippen LogP contribution in [0, 0.1) is 18.3 Å². The van der Waals surface area contributed by atoms with Gasteiger partial charge in [-0.3, -0.25) is 0 Å². The van der Waals surface area contributed by atoms with E-state index in [-0.39, 0.29) is 0 Å². The van der Waals surface area contributed by atoms with Crippen molar-refractivity contribution in [3.05, 3.63) is 23.5 Å². The first-order chi connectivity index (χ1) is 4.84. The van der Waals surface area contributed by atoms with Crippen molar-refractivity contribution in [3.63, 3.8) is 0 Å². The Labute approximate surface area is 60.5 Å². The number of aromatic amines is 1. The Hall–Kier alpha value is -1.23. The van der Waals surface area contributed by atoms with E-state index in [1.54, 1.807) is 0 Å². The van der Waals surface area contributed by atoms with Crippen LogP contribution in [0.3, 0.4) is 0 Å². The lowest BCUT2D eigenvalue weighted by Gasteiger charge is -1.91. The van der Waals surface area contributed by atoms with Crippen molar-refractivity contribution in [1.82, 2.24) is 4.98 Å². The summed E-state index contributed by atoms with van der Waals surface area (Å²) < 4.78 is 0. The third-order valence-corrected chi connectivity index (χ3v) is 1.57. The van der Waals surface area contributed by atoms with Gasteiger partial charge in [0.05, 0.1) is 6.07 Å². The third-order valence-electron chi connectivity index (χ3n) is 1.57. The van der Waals surface area contributed by atoms with Crippen LogP contribution >= 0.6 is 0 Å². The number of rotatable bonds is 2. The number of nitrogens with one attached hydrogen (secondary N) is 1. The van der Waals surface area contributed by atoms with E-state index in [0.29, 0.717) is 6.42 Å². The lowest BCUT2D eigenvalue weighted by molar-refractivity contribution is 1.00. The van der Waals surface area contributed by atoms with Crippen LogP contribution in [0.25, 0.3) is 0 Å². The second-order valence-corrected chi connectivity index (χ2v) is 2.32. The highest BCUT2D eigenvalue weighted by atomic mass is 14.6. The van der Waals surface area contributed by atoms with Crippen molar-refractivity contribution < 1.29 is 0 Å². The van der Waals surface area contributed by atoms with Gasteiger partial charge in [-0.1, -0.05) is 0 Å². The average Bonchev–Trinajstić information content (AvgIpc) is 2.31. The molecule has 0 fully saturated rings. The molecule has 1 aromatic heterocycles.